The van der Waals surface area contributed by atoms with Gasteiger partial charge in [-0.25, -0.2) is 0 Å². The van der Waals surface area contributed by atoms with Gasteiger partial charge in [0.2, 0.25) is 0 Å². The summed E-state index contributed by atoms with van der Waals surface area (Å²) in [6, 6.07) is 0. The van der Waals surface area contributed by atoms with Gasteiger partial charge in [-0.2, -0.15) is 0 Å². The molecule has 4 heteroatoms. The molecule has 0 spiro atoms. The molecule has 0 rings (SSSR count). The number of hydrogen-bond acceptors (Lipinski definition) is 2. The Labute approximate surface area is 45.8 Å². The minimum atomic E-state index is -0.0347. The third-order valence-corrected chi connectivity index (χ3v) is 0.777. The molecule has 0 aliphatic rings. The first-order valence-electron chi connectivity index (χ1n) is 2.04. The van der Waals surface area contributed by atoms with Crippen LogP contribution in [0.2, 0.25) is 0 Å². The molecule has 2 nitrogen and oxygen atoms in total. The van der Waals surface area contributed by atoms with E-state index < -0.39 is 0 Å². The molecule has 0 aliphatic carbocycles. The van der Waals surface area contributed by atoms with E-state index in [1.54, 1.807) is 0 Å². The molecule has 46 valence electrons. The molecule has 0 aromatic heterocycles. The Morgan fingerprint density at radius 3 is 1.38 bits per heavy atom. The number of halogens is 2. The van der Waals surface area contributed by atoms with Crippen LogP contribution in [0, 0.1) is 0 Å². The Balaban J connectivity index is 4.04. The van der Waals surface area contributed by atoms with Gasteiger partial charge in [0.25, 0.3) is 0 Å². The van der Waals surface area contributed by atoms with Gasteiger partial charge in [-0.15, -0.1) is 0 Å². The zero-order valence-corrected chi connectivity index (χ0v) is 4.65. The molecule has 0 amide bonds. The van der Waals surface area contributed by atoms with E-state index in [1.807, 2.05) is 0 Å². The summed E-state index contributed by atoms with van der Waals surface area (Å²) < 4.78 is 22.3. The minimum Gasteiger partial charge on any atom is -0.0904 e. The van der Waals surface area contributed by atoms with Crippen LogP contribution >= 0.6 is 0 Å². The Kier molecular flexibility index (Phi) is 2.91. The van der Waals surface area contributed by atoms with E-state index in [0.29, 0.717) is 0 Å². The van der Waals surface area contributed by atoms with E-state index in [4.69, 9.17) is 0 Å². The van der Waals surface area contributed by atoms with Crippen LogP contribution in [0.4, 0.5) is 8.96 Å². The maximum Gasteiger partial charge on any atom is 0.0940 e. The van der Waals surface area contributed by atoms with Gasteiger partial charge >= 0.3 is 0 Å². The van der Waals surface area contributed by atoms with E-state index in [9.17, 15) is 8.96 Å². The predicted molar refractivity (Wildman–Crippen MR) is 28.4 cm³/mol. The number of rotatable bonds is 1. The first-order chi connectivity index (χ1) is 3.72. The highest BCUT2D eigenvalue weighted by molar-refractivity contribution is 6.40. The summed E-state index contributed by atoms with van der Waals surface area (Å²) in [5.41, 5.74) is -0.0694. The molecular weight excluding hydrogens is 114 g/mol. The van der Waals surface area contributed by atoms with Gasteiger partial charge in [0, 0.05) is 0 Å². The monoisotopic (exact) mass is 120 g/mol. The van der Waals surface area contributed by atoms with Crippen LogP contribution < -0.4 is 0 Å². The van der Waals surface area contributed by atoms with Crippen LogP contribution in [0.3, 0.4) is 0 Å². The maximum atomic E-state index is 11.2. The molecule has 0 saturated carbocycles. The Bertz CT molecular complexity index is 112. The summed E-state index contributed by atoms with van der Waals surface area (Å²) in [7, 11) is 0. The molecule has 8 heavy (non-hydrogen) atoms. The Hall–Kier alpha value is -0.800. The lowest BCUT2D eigenvalue weighted by atomic mass is 10.3. The third-order valence-electron chi connectivity index (χ3n) is 0.777. The summed E-state index contributed by atoms with van der Waals surface area (Å²) in [6.07, 6.45) is 0. The summed E-state index contributed by atoms with van der Waals surface area (Å²) >= 11 is 0. The van der Waals surface area contributed by atoms with Gasteiger partial charge in [0.05, 0.1) is 11.4 Å². The van der Waals surface area contributed by atoms with Crippen molar-refractivity contribution >= 4 is 11.4 Å². The summed E-state index contributed by atoms with van der Waals surface area (Å²) in [4.78, 5) is 0. The van der Waals surface area contributed by atoms with Gasteiger partial charge in [0.1, 0.15) is 0 Å². The highest BCUT2D eigenvalue weighted by Crippen LogP contribution is 1.84. The minimum absolute atomic E-state index is 0.0347. The second kappa shape index (κ2) is 3.23. The van der Waals surface area contributed by atoms with E-state index in [2.05, 4.69) is 10.4 Å². The highest BCUT2D eigenvalue weighted by Gasteiger charge is 1.94. The SMILES string of the molecule is CC(=N/F)/C(C)=N/F. The van der Waals surface area contributed by atoms with Crippen LogP contribution in [-0.2, 0) is 0 Å². The van der Waals surface area contributed by atoms with E-state index in [1.165, 1.54) is 13.8 Å². The topological polar surface area (TPSA) is 24.7 Å². The van der Waals surface area contributed by atoms with Crippen molar-refractivity contribution < 1.29 is 8.96 Å². The lowest BCUT2D eigenvalue weighted by molar-refractivity contribution is 0.530. The van der Waals surface area contributed by atoms with Gasteiger partial charge in [-0.3, -0.25) is 0 Å². The molecule has 0 fully saturated rings. The zero-order chi connectivity index (χ0) is 6.57. The van der Waals surface area contributed by atoms with Crippen molar-refractivity contribution in [2.75, 3.05) is 0 Å². The van der Waals surface area contributed by atoms with Crippen LogP contribution in [0.25, 0.3) is 0 Å². The van der Waals surface area contributed by atoms with Crippen molar-refractivity contribution in [3.63, 3.8) is 0 Å². The second-order valence-corrected chi connectivity index (χ2v) is 1.34. The fourth-order valence-corrected chi connectivity index (χ4v) is 0.122. The van der Waals surface area contributed by atoms with Crippen molar-refractivity contribution in [1.82, 2.24) is 0 Å². The smallest absolute Gasteiger partial charge is 0.0904 e. The molecule has 0 atom stereocenters. The lowest BCUT2D eigenvalue weighted by Crippen LogP contribution is -2.02. The second-order valence-electron chi connectivity index (χ2n) is 1.34. The predicted octanol–water partition coefficient (Wildman–Crippen LogP) is 1.68. The summed E-state index contributed by atoms with van der Waals surface area (Å²) in [5.74, 6) is 0. The first kappa shape index (κ1) is 7.20. The zero-order valence-electron chi connectivity index (χ0n) is 4.65. The maximum absolute atomic E-state index is 11.2. The third kappa shape index (κ3) is 1.77. The van der Waals surface area contributed by atoms with Crippen LogP contribution in [0.1, 0.15) is 13.8 Å². The molecule has 0 saturated heterocycles. The molecule has 0 aromatic rings. The number of nitrogens with zero attached hydrogens (tertiary/aromatic N) is 2. The fourth-order valence-electron chi connectivity index (χ4n) is 0.122. The Morgan fingerprint density at radius 1 is 1.00 bits per heavy atom. The van der Waals surface area contributed by atoms with Gasteiger partial charge in [0.15, 0.2) is 0 Å². The standard InChI is InChI=1S/C4H6F2N2/c1-3(7-5)4(2)8-6/h1-2H3/b7-3-,8-4+. The van der Waals surface area contributed by atoms with E-state index >= 15 is 0 Å². The molecule has 0 unspecified atom stereocenters. The molecule has 0 heterocycles. The molecule has 0 aromatic carbocycles. The molecule has 0 N–H and O–H groups in total. The van der Waals surface area contributed by atoms with Crippen molar-refractivity contribution in [2.45, 2.75) is 13.8 Å². The average molecular weight is 120 g/mol. The molecule has 0 radical (unpaired) electrons. The van der Waals surface area contributed by atoms with E-state index in [0.717, 1.165) is 0 Å². The van der Waals surface area contributed by atoms with Crippen molar-refractivity contribution in [3.8, 4) is 0 Å². The molecule has 0 aliphatic heterocycles. The lowest BCUT2D eigenvalue weighted by Gasteiger charge is -1.86. The average Bonchev–Trinajstić information content (AvgIpc) is 1.84. The highest BCUT2D eigenvalue weighted by atomic mass is 19.2. The molecule has 0 bridgehead atoms. The van der Waals surface area contributed by atoms with E-state index in [-0.39, 0.29) is 11.4 Å². The number of hydrogen-bond donors (Lipinski definition) is 0. The van der Waals surface area contributed by atoms with Crippen LogP contribution in [0.15, 0.2) is 10.4 Å². The van der Waals surface area contributed by atoms with Crippen molar-refractivity contribution in [2.24, 2.45) is 10.4 Å². The normalized spacial score (nSPS) is 14.5. The van der Waals surface area contributed by atoms with Crippen LogP contribution in [-0.4, -0.2) is 11.4 Å². The Morgan fingerprint density at radius 2 is 1.25 bits per heavy atom. The largest absolute Gasteiger partial charge is 0.0940 e. The first-order valence-corrected chi connectivity index (χ1v) is 2.04. The van der Waals surface area contributed by atoms with Gasteiger partial charge in [-0.1, -0.05) is 19.4 Å². The summed E-state index contributed by atoms with van der Waals surface area (Å²) in [6.45, 7) is 2.66. The van der Waals surface area contributed by atoms with Crippen molar-refractivity contribution in [3.05, 3.63) is 0 Å². The van der Waals surface area contributed by atoms with Crippen LogP contribution in [0.5, 0.6) is 0 Å². The quantitative estimate of drug-likeness (QED) is 0.470. The van der Waals surface area contributed by atoms with Gasteiger partial charge < -0.3 is 0 Å². The van der Waals surface area contributed by atoms with Crippen molar-refractivity contribution in [1.29, 1.82) is 0 Å². The fraction of sp³-hybridized carbons (Fsp3) is 0.500. The summed E-state index contributed by atoms with van der Waals surface area (Å²) in [5, 5.41) is 4.41. The molecular formula is C4H6F2N2. The van der Waals surface area contributed by atoms with Gasteiger partial charge in [-0.05, 0) is 13.8 Å².